The Kier molecular flexibility index (Phi) is 4.80. The molecule has 2 fully saturated rings. The molecule has 1 amide bonds. The molecule has 19 heavy (non-hydrogen) atoms. The minimum Gasteiger partial charge on any atom is -0.480 e. The lowest BCUT2D eigenvalue weighted by atomic mass is 9.90. The van der Waals surface area contributed by atoms with E-state index in [1.807, 2.05) is 6.92 Å². The van der Waals surface area contributed by atoms with E-state index in [1.54, 1.807) is 4.90 Å². The standard InChI is InChI=1S/C14H23NO4/c1-10-4-2-8-15(13(10)14(17)18)12(16)7-6-11-5-3-9-19-11/h10-11,13H,2-9H2,1H3,(H,17,18). The third-order valence-corrected chi connectivity index (χ3v) is 4.21. The number of carboxylic acid groups (broad SMARTS) is 1. The van der Waals surface area contributed by atoms with E-state index in [2.05, 4.69) is 0 Å². The predicted molar refractivity (Wildman–Crippen MR) is 69.7 cm³/mol. The van der Waals surface area contributed by atoms with Crippen molar-refractivity contribution < 1.29 is 19.4 Å². The molecule has 0 aromatic heterocycles. The first-order valence-corrected chi connectivity index (χ1v) is 7.23. The Bertz CT molecular complexity index is 338. The number of amides is 1. The van der Waals surface area contributed by atoms with E-state index < -0.39 is 12.0 Å². The number of ether oxygens (including phenoxy) is 1. The van der Waals surface area contributed by atoms with Crippen LogP contribution in [0.3, 0.4) is 0 Å². The topological polar surface area (TPSA) is 66.8 Å². The van der Waals surface area contributed by atoms with Gasteiger partial charge in [0.15, 0.2) is 0 Å². The number of rotatable bonds is 4. The molecule has 0 aliphatic carbocycles. The van der Waals surface area contributed by atoms with Gasteiger partial charge in [0.1, 0.15) is 6.04 Å². The highest BCUT2D eigenvalue weighted by atomic mass is 16.5. The summed E-state index contributed by atoms with van der Waals surface area (Å²) in [7, 11) is 0. The van der Waals surface area contributed by atoms with Gasteiger partial charge >= 0.3 is 5.97 Å². The van der Waals surface area contributed by atoms with E-state index >= 15 is 0 Å². The maximum atomic E-state index is 12.2. The van der Waals surface area contributed by atoms with Crippen molar-refractivity contribution in [1.29, 1.82) is 0 Å². The average Bonchev–Trinajstić information content (AvgIpc) is 2.88. The van der Waals surface area contributed by atoms with E-state index in [0.29, 0.717) is 13.0 Å². The minimum atomic E-state index is -0.877. The summed E-state index contributed by atoms with van der Waals surface area (Å²) in [6, 6.07) is -0.647. The zero-order valence-electron chi connectivity index (χ0n) is 11.5. The normalized spacial score (nSPS) is 31.4. The fraction of sp³-hybridized carbons (Fsp3) is 0.857. The van der Waals surface area contributed by atoms with Crippen molar-refractivity contribution in [2.45, 2.75) is 57.6 Å². The molecule has 0 radical (unpaired) electrons. The Morgan fingerprint density at radius 1 is 1.32 bits per heavy atom. The summed E-state index contributed by atoms with van der Waals surface area (Å²) in [5.41, 5.74) is 0. The quantitative estimate of drug-likeness (QED) is 0.843. The molecule has 2 aliphatic rings. The number of likely N-dealkylation sites (tertiary alicyclic amines) is 1. The molecule has 2 saturated heterocycles. The second-order valence-electron chi connectivity index (χ2n) is 5.66. The van der Waals surface area contributed by atoms with Gasteiger partial charge in [0.2, 0.25) is 5.91 Å². The van der Waals surface area contributed by atoms with E-state index in [4.69, 9.17) is 4.74 Å². The van der Waals surface area contributed by atoms with Gasteiger partial charge in [-0.1, -0.05) is 6.92 Å². The van der Waals surface area contributed by atoms with E-state index in [9.17, 15) is 14.7 Å². The smallest absolute Gasteiger partial charge is 0.326 e. The van der Waals surface area contributed by atoms with Gasteiger partial charge in [0.25, 0.3) is 0 Å². The van der Waals surface area contributed by atoms with Crippen LogP contribution in [0.15, 0.2) is 0 Å². The van der Waals surface area contributed by atoms with Crippen LogP contribution < -0.4 is 0 Å². The Morgan fingerprint density at radius 3 is 2.74 bits per heavy atom. The summed E-state index contributed by atoms with van der Waals surface area (Å²) in [5, 5.41) is 9.29. The van der Waals surface area contributed by atoms with Crippen molar-refractivity contribution >= 4 is 11.9 Å². The molecule has 2 rings (SSSR count). The lowest BCUT2D eigenvalue weighted by molar-refractivity contribution is -0.154. The first-order chi connectivity index (χ1) is 9.09. The summed E-state index contributed by atoms with van der Waals surface area (Å²) >= 11 is 0. The molecule has 0 saturated carbocycles. The largest absolute Gasteiger partial charge is 0.480 e. The van der Waals surface area contributed by atoms with Crippen molar-refractivity contribution in [3.05, 3.63) is 0 Å². The van der Waals surface area contributed by atoms with E-state index in [0.717, 1.165) is 38.7 Å². The number of hydrogen-bond acceptors (Lipinski definition) is 3. The van der Waals surface area contributed by atoms with Crippen LogP contribution in [0.1, 0.15) is 45.4 Å². The zero-order chi connectivity index (χ0) is 13.8. The molecule has 1 N–H and O–H groups in total. The summed E-state index contributed by atoms with van der Waals surface area (Å²) < 4.78 is 5.50. The number of aliphatic carboxylic acids is 1. The van der Waals surface area contributed by atoms with Crippen LogP contribution in [0.2, 0.25) is 0 Å². The molecule has 0 spiro atoms. The van der Waals surface area contributed by atoms with Crippen LogP contribution in [0.4, 0.5) is 0 Å². The summed E-state index contributed by atoms with van der Waals surface area (Å²) in [6.45, 7) is 3.28. The highest BCUT2D eigenvalue weighted by Gasteiger charge is 2.36. The SMILES string of the molecule is CC1CCCN(C(=O)CCC2CCCO2)C1C(=O)O. The Hall–Kier alpha value is -1.10. The van der Waals surface area contributed by atoms with Gasteiger partial charge < -0.3 is 14.7 Å². The monoisotopic (exact) mass is 269 g/mol. The highest BCUT2D eigenvalue weighted by molar-refractivity contribution is 5.84. The summed E-state index contributed by atoms with van der Waals surface area (Å²) in [4.78, 5) is 25.1. The lowest BCUT2D eigenvalue weighted by Gasteiger charge is -2.37. The first-order valence-electron chi connectivity index (χ1n) is 7.23. The molecule has 108 valence electrons. The van der Waals surface area contributed by atoms with E-state index in [1.165, 1.54) is 0 Å². The molecule has 5 nitrogen and oxygen atoms in total. The van der Waals surface area contributed by atoms with Crippen LogP contribution in [-0.4, -0.2) is 47.2 Å². The number of hydrogen-bond donors (Lipinski definition) is 1. The summed E-state index contributed by atoms with van der Waals surface area (Å²) in [5.74, 6) is -0.870. The predicted octanol–water partition coefficient (Wildman–Crippen LogP) is 1.66. The zero-order valence-corrected chi connectivity index (χ0v) is 11.5. The van der Waals surface area contributed by atoms with Gasteiger partial charge in [-0.2, -0.15) is 0 Å². The van der Waals surface area contributed by atoms with Crippen molar-refractivity contribution in [3.8, 4) is 0 Å². The third kappa shape index (κ3) is 3.47. The van der Waals surface area contributed by atoms with Crippen LogP contribution >= 0.6 is 0 Å². The molecule has 5 heteroatoms. The van der Waals surface area contributed by atoms with Crippen LogP contribution in [0, 0.1) is 5.92 Å². The van der Waals surface area contributed by atoms with Crippen molar-refractivity contribution in [3.63, 3.8) is 0 Å². The van der Waals surface area contributed by atoms with Crippen molar-refractivity contribution in [1.82, 2.24) is 4.90 Å². The Balaban J connectivity index is 1.89. The van der Waals surface area contributed by atoms with Crippen LogP contribution in [-0.2, 0) is 14.3 Å². The van der Waals surface area contributed by atoms with Gasteiger partial charge in [-0.3, -0.25) is 4.79 Å². The Labute approximate surface area is 113 Å². The van der Waals surface area contributed by atoms with Gasteiger partial charge in [-0.05, 0) is 38.0 Å². The van der Waals surface area contributed by atoms with Crippen LogP contribution in [0.25, 0.3) is 0 Å². The van der Waals surface area contributed by atoms with Gasteiger partial charge in [-0.25, -0.2) is 4.79 Å². The molecule has 2 aliphatic heterocycles. The molecular formula is C14H23NO4. The molecule has 0 aromatic carbocycles. The van der Waals surface area contributed by atoms with E-state index in [-0.39, 0.29) is 17.9 Å². The second kappa shape index (κ2) is 6.37. The maximum Gasteiger partial charge on any atom is 0.326 e. The number of carboxylic acids is 1. The first kappa shape index (κ1) is 14.3. The molecule has 3 atom stereocenters. The average molecular weight is 269 g/mol. The van der Waals surface area contributed by atoms with Gasteiger partial charge in [0.05, 0.1) is 6.10 Å². The van der Waals surface area contributed by atoms with Crippen molar-refractivity contribution in [2.24, 2.45) is 5.92 Å². The number of piperidine rings is 1. The lowest BCUT2D eigenvalue weighted by Crippen LogP contribution is -2.52. The van der Waals surface area contributed by atoms with Gasteiger partial charge in [0, 0.05) is 19.6 Å². The molecule has 3 unspecified atom stereocenters. The number of carbonyl (C=O) groups is 2. The van der Waals surface area contributed by atoms with Crippen LogP contribution in [0.5, 0.6) is 0 Å². The highest BCUT2D eigenvalue weighted by Crippen LogP contribution is 2.25. The second-order valence-corrected chi connectivity index (χ2v) is 5.66. The molecule has 2 heterocycles. The molecular weight excluding hydrogens is 246 g/mol. The van der Waals surface area contributed by atoms with Gasteiger partial charge in [-0.15, -0.1) is 0 Å². The summed E-state index contributed by atoms with van der Waals surface area (Å²) in [6.07, 6.45) is 5.18. The van der Waals surface area contributed by atoms with Crippen molar-refractivity contribution in [2.75, 3.05) is 13.2 Å². The minimum absolute atomic E-state index is 0.0329. The number of carbonyl (C=O) groups excluding carboxylic acids is 1. The fourth-order valence-electron chi connectivity index (χ4n) is 3.14. The fourth-order valence-corrected chi connectivity index (χ4v) is 3.14. The Morgan fingerprint density at radius 2 is 2.11 bits per heavy atom. The molecule has 0 bridgehead atoms. The number of nitrogens with zero attached hydrogens (tertiary/aromatic N) is 1. The maximum absolute atomic E-state index is 12.2. The third-order valence-electron chi connectivity index (χ3n) is 4.21. The molecule has 0 aromatic rings.